The van der Waals surface area contributed by atoms with Crippen LogP contribution in [0.1, 0.15) is 25.3 Å². The molecule has 1 atom stereocenters. The smallest absolute Gasteiger partial charge is 0.239 e. The maximum absolute atomic E-state index is 12.0. The van der Waals surface area contributed by atoms with Crippen LogP contribution in [0, 0.1) is 0 Å². The maximum Gasteiger partial charge on any atom is 0.239 e. The molecule has 18 heavy (non-hydrogen) atoms. The Bertz CT molecular complexity index is 343. The van der Waals surface area contributed by atoms with Crippen LogP contribution >= 0.6 is 12.4 Å². The molecule has 2 N–H and O–H groups in total. The van der Waals surface area contributed by atoms with E-state index in [1.54, 1.807) is 4.90 Å². The number of carbonyl (C=O) groups is 1. The molecule has 1 aromatic rings. The summed E-state index contributed by atoms with van der Waals surface area (Å²) in [5, 5.41) is 0. The van der Waals surface area contributed by atoms with Crippen LogP contribution in [0.15, 0.2) is 30.3 Å². The van der Waals surface area contributed by atoms with Gasteiger partial charge >= 0.3 is 0 Å². The molecule has 1 unspecified atom stereocenters. The van der Waals surface area contributed by atoms with E-state index < -0.39 is 6.04 Å². The zero-order valence-electron chi connectivity index (χ0n) is 11.1. The molecule has 0 aliphatic heterocycles. The zero-order valence-corrected chi connectivity index (χ0v) is 12.0. The summed E-state index contributed by atoms with van der Waals surface area (Å²) in [5.74, 6) is 0.0299. The molecular weight excluding hydrogens is 248 g/mol. The first-order valence-corrected chi connectivity index (χ1v) is 6.19. The number of hydrogen-bond acceptors (Lipinski definition) is 2. The van der Waals surface area contributed by atoms with Gasteiger partial charge in [0.25, 0.3) is 0 Å². The van der Waals surface area contributed by atoms with Crippen LogP contribution in [0.5, 0.6) is 0 Å². The molecule has 0 saturated carbocycles. The van der Waals surface area contributed by atoms with E-state index in [0.717, 1.165) is 24.9 Å². The molecule has 4 heteroatoms. The molecule has 0 radical (unpaired) electrons. The number of unbranched alkanes of at least 4 members (excludes halogenated alkanes) is 1. The monoisotopic (exact) mass is 270 g/mol. The average molecular weight is 271 g/mol. The summed E-state index contributed by atoms with van der Waals surface area (Å²) in [6.07, 6.45) is 2.72. The second-order valence-electron chi connectivity index (χ2n) is 4.41. The largest absolute Gasteiger partial charge is 0.344 e. The first kappa shape index (κ1) is 16.9. The molecule has 0 saturated heterocycles. The van der Waals surface area contributed by atoms with E-state index in [0.29, 0.717) is 6.42 Å². The first-order chi connectivity index (χ1) is 8.15. The molecule has 1 aromatic carbocycles. The first-order valence-electron chi connectivity index (χ1n) is 6.19. The zero-order chi connectivity index (χ0) is 12.7. The van der Waals surface area contributed by atoms with Gasteiger partial charge in [0.1, 0.15) is 0 Å². The van der Waals surface area contributed by atoms with E-state index in [2.05, 4.69) is 6.92 Å². The van der Waals surface area contributed by atoms with Gasteiger partial charge in [0.2, 0.25) is 5.91 Å². The Kier molecular flexibility index (Phi) is 8.42. The molecule has 0 bridgehead atoms. The lowest BCUT2D eigenvalue weighted by molar-refractivity contribution is -0.131. The van der Waals surface area contributed by atoms with Crippen molar-refractivity contribution in [1.82, 2.24) is 4.90 Å². The number of nitrogens with two attached hydrogens (primary N) is 1. The normalized spacial score (nSPS) is 11.5. The molecule has 0 spiro atoms. The van der Waals surface area contributed by atoms with Gasteiger partial charge in [-0.05, 0) is 18.4 Å². The van der Waals surface area contributed by atoms with Gasteiger partial charge in [-0.3, -0.25) is 4.79 Å². The Labute approximate surface area is 116 Å². The molecule has 3 nitrogen and oxygen atoms in total. The number of rotatable bonds is 6. The quantitative estimate of drug-likeness (QED) is 0.862. The molecule has 0 aromatic heterocycles. The highest BCUT2D eigenvalue weighted by molar-refractivity contribution is 5.85. The van der Waals surface area contributed by atoms with E-state index in [1.165, 1.54) is 0 Å². The highest BCUT2D eigenvalue weighted by atomic mass is 35.5. The predicted octanol–water partition coefficient (Wildman–Crippen LogP) is 2.24. The van der Waals surface area contributed by atoms with Crippen molar-refractivity contribution in [3.8, 4) is 0 Å². The van der Waals surface area contributed by atoms with Gasteiger partial charge in [-0.25, -0.2) is 0 Å². The molecule has 0 aliphatic rings. The maximum atomic E-state index is 12.0. The number of likely N-dealkylation sites (N-methyl/N-ethyl adjacent to an activating group) is 1. The third kappa shape index (κ3) is 5.52. The lowest BCUT2D eigenvalue weighted by Gasteiger charge is -2.21. The summed E-state index contributed by atoms with van der Waals surface area (Å²) in [4.78, 5) is 13.7. The minimum atomic E-state index is -0.431. The second kappa shape index (κ2) is 8.95. The lowest BCUT2D eigenvalue weighted by atomic mass is 10.1. The fourth-order valence-electron chi connectivity index (χ4n) is 1.74. The molecule has 1 amide bonds. The number of carbonyl (C=O) groups excluding carboxylic acids is 1. The molecule has 0 heterocycles. The van der Waals surface area contributed by atoms with Crippen LogP contribution in [0.4, 0.5) is 0 Å². The van der Waals surface area contributed by atoms with Crippen LogP contribution in [0.2, 0.25) is 0 Å². The minimum absolute atomic E-state index is 0. The topological polar surface area (TPSA) is 46.3 Å². The third-order valence-corrected chi connectivity index (χ3v) is 2.84. The van der Waals surface area contributed by atoms with E-state index in [1.807, 2.05) is 37.4 Å². The van der Waals surface area contributed by atoms with Gasteiger partial charge in [0.05, 0.1) is 6.04 Å². The number of halogens is 1. The fraction of sp³-hybridized carbons (Fsp3) is 0.500. The molecular formula is C14H23ClN2O. The summed E-state index contributed by atoms with van der Waals surface area (Å²) in [6.45, 7) is 2.90. The Morgan fingerprint density at radius 2 is 1.94 bits per heavy atom. The van der Waals surface area contributed by atoms with Crippen molar-refractivity contribution < 1.29 is 4.79 Å². The summed E-state index contributed by atoms with van der Waals surface area (Å²) in [7, 11) is 1.82. The molecule has 0 aliphatic carbocycles. The van der Waals surface area contributed by atoms with Gasteiger partial charge in [-0.2, -0.15) is 0 Å². The van der Waals surface area contributed by atoms with Crippen LogP contribution in [0.3, 0.4) is 0 Å². The predicted molar refractivity (Wildman–Crippen MR) is 77.9 cm³/mol. The highest BCUT2D eigenvalue weighted by Crippen LogP contribution is 2.04. The average Bonchev–Trinajstić information content (AvgIpc) is 2.36. The lowest BCUT2D eigenvalue weighted by Crippen LogP contribution is -2.43. The molecule has 102 valence electrons. The van der Waals surface area contributed by atoms with E-state index >= 15 is 0 Å². The minimum Gasteiger partial charge on any atom is -0.344 e. The van der Waals surface area contributed by atoms with Crippen molar-refractivity contribution in [2.75, 3.05) is 13.6 Å². The van der Waals surface area contributed by atoms with Crippen molar-refractivity contribution >= 4 is 18.3 Å². The van der Waals surface area contributed by atoms with Crippen LogP contribution in [0.25, 0.3) is 0 Å². The van der Waals surface area contributed by atoms with Crippen molar-refractivity contribution in [3.63, 3.8) is 0 Å². The summed E-state index contributed by atoms with van der Waals surface area (Å²) in [6, 6.07) is 9.46. The van der Waals surface area contributed by atoms with E-state index in [4.69, 9.17) is 5.73 Å². The van der Waals surface area contributed by atoms with Gasteiger partial charge in [0, 0.05) is 13.6 Å². The fourth-order valence-corrected chi connectivity index (χ4v) is 1.74. The standard InChI is InChI=1S/C14H22N2O.ClH/c1-3-4-10-16(2)14(17)13(15)11-12-8-6-5-7-9-12;/h5-9,13H,3-4,10-11,15H2,1-2H3;1H. The summed E-state index contributed by atoms with van der Waals surface area (Å²) in [5.41, 5.74) is 7.04. The van der Waals surface area contributed by atoms with Crippen molar-refractivity contribution in [2.24, 2.45) is 5.73 Å². The molecule has 0 fully saturated rings. The van der Waals surface area contributed by atoms with E-state index in [-0.39, 0.29) is 18.3 Å². The summed E-state index contributed by atoms with van der Waals surface area (Å²) < 4.78 is 0. The number of nitrogens with zero attached hydrogens (tertiary/aromatic N) is 1. The highest BCUT2D eigenvalue weighted by Gasteiger charge is 2.17. The number of amides is 1. The SMILES string of the molecule is CCCCN(C)C(=O)C(N)Cc1ccccc1.Cl. The van der Waals surface area contributed by atoms with Gasteiger partial charge in [-0.15, -0.1) is 12.4 Å². The van der Waals surface area contributed by atoms with Crippen molar-refractivity contribution in [1.29, 1.82) is 0 Å². The van der Waals surface area contributed by atoms with Crippen molar-refractivity contribution in [3.05, 3.63) is 35.9 Å². The Morgan fingerprint density at radius 1 is 1.33 bits per heavy atom. The summed E-state index contributed by atoms with van der Waals surface area (Å²) >= 11 is 0. The van der Waals surface area contributed by atoms with E-state index in [9.17, 15) is 4.79 Å². The number of hydrogen-bond donors (Lipinski definition) is 1. The Balaban J connectivity index is 0.00000289. The van der Waals surface area contributed by atoms with Crippen molar-refractivity contribution in [2.45, 2.75) is 32.2 Å². The number of benzene rings is 1. The van der Waals surface area contributed by atoms with Gasteiger partial charge in [0.15, 0.2) is 0 Å². The van der Waals surface area contributed by atoms with Crippen LogP contribution in [-0.4, -0.2) is 30.4 Å². The van der Waals surface area contributed by atoms with Gasteiger partial charge in [-0.1, -0.05) is 43.7 Å². The third-order valence-electron chi connectivity index (χ3n) is 2.84. The molecule has 1 rings (SSSR count). The van der Waals surface area contributed by atoms with Gasteiger partial charge < -0.3 is 10.6 Å². The Morgan fingerprint density at radius 3 is 2.50 bits per heavy atom. The van der Waals surface area contributed by atoms with Crippen LogP contribution < -0.4 is 5.73 Å². The second-order valence-corrected chi connectivity index (χ2v) is 4.41. The van der Waals surface area contributed by atoms with Crippen LogP contribution in [-0.2, 0) is 11.2 Å². The Hall–Kier alpha value is -1.06.